The summed E-state index contributed by atoms with van der Waals surface area (Å²) in [7, 11) is 0. The lowest BCUT2D eigenvalue weighted by Crippen LogP contribution is -2.50. The summed E-state index contributed by atoms with van der Waals surface area (Å²) in [6, 6.07) is 13.2. The number of nitrogens with one attached hydrogen (secondary N) is 1. The molecular weight excluding hydrogens is 364 g/mol. The van der Waals surface area contributed by atoms with Gasteiger partial charge in [0.25, 0.3) is 5.91 Å². The first-order chi connectivity index (χ1) is 13.7. The Kier molecular flexibility index (Phi) is 7.82. The smallest absolute Gasteiger partial charge is 0.261 e. The Morgan fingerprint density at radius 2 is 1.52 bits per heavy atom. The Labute approximate surface area is 174 Å². The molecule has 2 rings (SSSR count). The molecule has 156 valence electrons. The van der Waals surface area contributed by atoms with Crippen LogP contribution in [-0.2, 0) is 16.1 Å². The topological polar surface area (TPSA) is 58.6 Å². The van der Waals surface area contributed by atoms with E-state index >= 15 is 0 Å². The van der Waals surface area contributed by atoms with E-state index in [1.54, 1.807) is 11.8 Å². The van der Waals surface area contributed by atoms with Crippen LogP contribution in [0.5, 0.6) is 5.75 Å². The monoisotopic (exact) mass is 396 g/mol. The van der Waals surface area contributed by atoms with E-state index in [0.29, 0.717) is 12.3 Å². The van der Waals surface area contributed by atoms with Crippen molar-refractivity contribution in [3.8, 4) is 5.75 Å². The first kappa shape index (κ1) is 22.5. The minimum atomic E-state index is -0.603. The summed E-state index contributed by atoms with van der Waals surface area (Å²) >= 11 is 0. The molecular formula is C24H32N2O3. The highest BCUT2D eigenvalue weighted by molar-refractivity contribution is 5.88. The van der Waals surface area contributed by atoms with Crippen molar-refractivity contribution in [2.24, 2.45) is 0 Å². The molecule has 2 aromatic carbocycles. The molecule has 0 aliphatic carbocycles. The maximum Gasteiger partial charge on any atom is 0.261 e. The standard InChI is InChI=1S/C24H32N2O3/c1-16(2)25-24(28)20(6)26(14-21-9-7-17(3)8-10-21)23(27)15-29-22-12-18(4)11-19(5)13-22/h7-13,16,20H,14-15H2,1-6H3,(H,25,28). The van der Waals surface area contributed by atoms with E-state index in [1.807, 2.05) is 71.0 Å². The summed E-state index contributed by atoms with van der Waals surface area (Å²) in [5.41, 5.74) is 4.28. The molecule has 0 spiro atoms. The van der Waals surface area contributed by atoms with Gasteiger partial charge in [0.1, 0.15) is 11.8 Å². The number of carbonyl (C=O) groups excluding carboxylic acids is 2. The highest BCUT2D eigenvalue weighted by Gasteiger charge is 2.26. The number of amides is 2. The zero-order valence-electron chi connectivity index (χ0n) is 18.3. The van der Waals surface area contributed by atoms with Crippen molar-refractivity contribution in [1.82, 2.24) is 10.2 Å². The van der Waals surface area contributed by atoms with Gasteiger partial charge < -0.3 is 15.0 Å². The van der Waals surface area contributed by atoms with E-state index in [0.717, 1.165) is 22.3 Å². The summed E-state index contributed by atoms with van der Waals surface area (Å²) in [5, 5.41) is 2.89. The van der Waals surface area contributed by atoms with Gasteiger partial charge in [0.05, 0.1) is 0 Å². The second-order valence-corrected chi connectivity index (χ2v) is 7.96. The van der Waals surface area contributed by atoms with Gasteiger partial charge in [0.15, 0.2) is 6.61 Å². The van der Waals surface area contributed by atoms with E-state index in [9.17, 15) is 9.59 Å². The first-order valence-corrected chi connectivity index (χ1v) is 10.0. The van der Waals surface area contributed by atoms with Gasteiger partial charge in [-0.2, -0.15) is 0 Å². The van der Waals surface area contributed by atoms with Crippen molar-refractivity contribution in [3.05, 3.63) is 64.7 Å². The molecule has 5 nitrogen and oxygen atoms in total. The molecule has 1 N–H and O–H groups in total. The molecule has 0 aromatic heterocycles. The Hall–Kier alpha value is -2.82. The fourth-order valence-electron chi connectivity index (χ4n) is 3.12. The normalized spacial score (nSPS) is 11.8. The molecule has 0 heterocycles. The lowest BCUT2D eigenvalue weighted by molar-refractivity contribution is -0.142. The van der Waals surface area contributed by atoms with E-state index in [-0.39, 0.29) is 24.5 Å². The van der Waals surface area contributed by atoms with Gasteiger partial charge >= 0.3 is 0 Å². The third-order valence-corrected chi connectivity index (χ3v) is 4.63. The second kappa shape index (κ2) is 10.1. The Balaban J connectivity index is 2.16. The van der Waals surface area contributed by atoms with Crippen LogP contribution in [0.3, 0.4) is 0 Å². The largest absolute Gasteiger partial charge is 0.484 e. The van der Waals surface area contributed by atoms with Crippen molar-refractivity contribution in [2.75, 3.05) is 6.61 Å². The molecule has 29 heavy (non-hydrogen) atoms. The predicted molar refractivity (Wildman–Crippen MR) is 116 cm³/mol. The van der Waals surface area contributed by atoms with E-state index in [1.165, 1.54) is 0 Å². The van der Waals surface area contributed by atoms with Crippen LogP contribution in [-0.4, -0.2) is 35.4 Å². The van der Waals surface area contributed by atoms with Gasteiger partial charge in [-0.15, -0.1) is 0 Å². The molecule has 0 aliphatic rings. The summed E-state index contributed by atoms with van der Waals surface area (Å²) < 4.78 is 5.76. The molecule has 0 fully saturated rings. The summed E-state index contributed by atoms with van der Waals surface area (Å²) in [6.07, 6.45) is 0. The van der Waals surface area contributed by atoms with Crippen LogP contribution in [0.1, 0.15) is 43.0 Å². The maximum atomic E-state index is 13.0. The fourth-order valence-corrected chi connectivity index (χ4v) is 3.12. The zero-order valence-corrected chi connectivity index (χ0v) is 18.3. The first-order valence-electron chi connectivity index (χ1n) is 10.0. The van der Waals surface area contributed by atoms with Crippen LogP contribution in [0, 0.1) is 20.8 Å². The predicted octanol–water partition coefficient (Wildman–Crippen LogP) is 3.93. The second-order valence-electron chi connectivity index (χ2n) is 7.96. The van der Waals surface area contributed by atoms with Gasteiger partial charge in [0, 0.05) is 12.6 Å². The van der Waals surface area contributed by atoms with E-state index < -0.39 is 6.04 Å². The number of hydrogen-bond donors (Lipinski definition) is 1. The van der Waals surface area contributed by atoms with Crippen molar-refractivity contribution < 1.29 is 14.3 Å². The molecule has 0 saturated heterocycles. The van der Waals surface area contributed by atoms with Gasteiger partial charge in [-0.1, -0.05) is 35.9 Å². The number of carbonyl (C=O) groups is 2. The SMILES string of the molecule is Cc1ccc(CN(C(=O)COc2cc(C)cc(C)c2)C(C)C(=O)NC(C)C)cc1. The molecule has 0 aliphatic heterocycles. The maximum absolute atomic E-state index is 13.0. The minimum Gasteiger partial charge on any atom is -0.484 e. The Morgan fingerprint density at radius 1 is 0.931 bits per heavy atom. The number of aryl methyl sites for hydroxylation is 3. The van der Waals surface area contributed by atoms with Crippen LogP contribution in [0.2, 0.25) is 0 Å². The average Bonchev–Trinajstić information content (AvgIpc) is 2.63. The number of rotatable bonds is 8. The fraction of sp³-hybridized carbons (Fsp3) is 0.417. The summed E-state index contributed by atoms with van der Waals surface area (Å²) in [6.45, 7) is 11.8. The van der Waals surface area contributed by atoms with Crippen molar-refractivity contribution in [2.45, 2.75) is 60.2 Å². The number of nitrogens with zero attached hydrogens (tertiary/aromatic N) is 1. The van der Waals surface area contributed by atoms with Crippen LogP contribution in [0.15, 0.2) is 42.5 Å². The molecule has 1 unspecified atom stereocenters. The molecule has 2 amide bonds. The molecule has 0 saturated carbocycles. The van der Waals surface area contributed by atoms with Crippen LogP contribution < -0.4 is 10.1 Å². The van der Waals surface area contributed by atoms with Crippen molar-refractivity contribution in [3.63, 3.8) is 0 Å². The lowest BCUT2D eigenvalue weighted by Gasteiger charge is -2.29. The third kappa shape index (κ3) is 6.93. The van der Waals surface area contributed by atoms with Crippen LogP contribution >= 0.6 is 0 Å². The summed E-state index contributed by atoms with van der Waals surface area (Å²) in [5.74, 6) is 0.258. The Morgan fingerprint density at radius 3 is 2.07 bits per heavy atom. The van der Waals surface area contributed by atoms with Crippen LogP contribution in [0.4, 0.5) is 0 Å². The molecule has 5 heteroatoms. The highest BCUT2D eigenvalue weighted by Crippen LogP contribution is 2.17. The highest BCUT2D eigenvalue weighted by atomic mass is 16.5. The summed E-state index contributed by atoms with van der Waals surface area (Å²) in [4.78, 5) is 27.1. The van der Waals surface area contributed by atoms with E-state index in [4.69, 9.17) is 4.74 Å². The van der Waals surface area contributed by atoms with E-state index in [2.05, 4.69) is 11.4 Å². The molecule has 0 radical (unpaired) electrons. The van der Waals surface area contributed by atoms with Crippen LogP contribution in [0.25, 0.3) is 0 Å². The molecule has 1 atom stereocenters. The Bertz CT molecular complexity index is 823. The quantitative estimate of drug-likeness (QED) is 0.735. The van der Waals surface area contributed by atoms with Gasteiger partial charge in [-0.25, -0.2) is 0 Å². The zero-order chi connectivity index (χ0) is 21.6. The molecule has 2 aromatic rings. The molecule has 0 bridgehead atoms. The van der Waals surface area contributed by atoms with Gasteiger partial charge in [0.2, 0.25) is 5.91 Å². The van der Waals surface area contributed by atoms with Crippen molar-refractivity contribution in [1.29, 1.82) is 0 Å². The third-order valence-electron chi connectivity index (χ3n) is 4.63. The van der Waals surface area contributed by atoms with Crippen molar-refractivity contribution >= 4 is 11.8 Å². The number of benzene rings is 2. The average molecular weight is 397 g/mol. The minimum absolute atomic E-state index is 0.00722. The number of ether oxygens (including phenoxy) is 1. The van der Waals surface area contributed by atoms with Gasteiger partial charge in [-0.05, 0) is 70.4 Å². The number of hydrogen-bond acceptors (Lipinski definition) is 3. The van der Waals surface area contributed by atoms with Gasteiger partial charge in [-0.3, -0.25) is 9.59 Å². The lowest BCUT2D eigenvalue weighted by atomic mass is 10.1.